The molecule has 3 rings (SSSR count). The van der Waals surface area contributed by atoms with Crippen molar-refractivity contribution in [2.75, 3.05) is 16.8 Å². The molecule has 1 fully saturated rings. The van der Waals surface area contributed by atoms with E-state index < -0.39 is 0 Å². The highest BCUT2D eigenvalue weighted by Gasteiger charge is 2.34. The van der Waals surface area contributed by atoms with Gasteiger partial charge in [0.05, 0.1) is 5.92 Å². The van der Waals surface area contributed by atoms with Crippen LogP contribution in [0.4, 0.5) is 11.4 Å². The Morgan fingerprint density at radius 2 is 1.90 bits per heavy atom. The van der Waals surface area contributed by atoms with Gasteiger partial charge in [0.2, 0.25) is 17.7 Å². The van der Waals surface area contributed by atoms with Crippen molar-refractivity contribution in [1.29, 1.82) is 0 Å². The van der Waals surface area contributed by atoms with Gasteiger partial charge in [-0.15, -0.1) is 0 Å². The number of hydrogen-bond donors (Lipinski definition) is 2. The van der Waals surface area contributed by atoms with Crippen LogP contribution in [0.5, 0.6) is 0 Å². The molecule has 1 heterocycles. The summed E-state index contributed by atoms with van der Waals surface area (Å²) in [6.45, 7) is 4.60. The van der Waals surface area contributed by atoms with E-state index in [9.17, 15) is 14.4 Å². The Kier molecular flexibility index (Phi) is 6.65. The fourth-order valence-electron chi connectivity index (χ4n) is 3.28. The molecule has 0 aromatic heterocycles. The summed E-state index contributed by atoms with van der Waals surface area (Å²) in [5, 5.41) is 5.82. The third-order valence-electron chi connectivity index (χ3n) is 5.28. The average Bonchev–Trinajstić information content (AvgIpc) is 3.14. The van der Waals surface area contributed by atoms with E-state index in [1.165, 1.54) is 0 Å². The van der Waals surface area contributed by atoms with Gasteiger partial charge >= 0.3 is 0 Å². The monoisotopic (exact) mass is 393 g/mol. The lowest BCUT2D eigenvalue weighted by atomic mass is 10.1. The fraction of sp³-hybridized carbons (Fsp3) is 0.348. The summed E-state index contributed by atoms with van der Waals surface area (Å²) in [6.07, 6.45) is 0.993. The van der Waals surface area contributed by atoms with E-state index in [1.807, 2.05) is 68.4 Å². The Labute approximate surface area is 171 Å². The summed E-state index contributed by atoms with van der Waals surface area (Å²) in [7, 11) is 0. The van der Waals surface area contributed by atoms with Gasteiger partial charge in [0.25, 0.3) is 0 Å². The first kappa shape index (κ1) is 20.6. The van der Waals surface area contributed by atoms with Crippen LogP contribution in [-0.2, 0) is 20.9 Å². The van der Waals surface area contributed by atoms with Gasteiger partial charge < -0.3 is 15.5 Å². The Hall–Kier alpha value is -3.15. The molecule has 2 atom stereocenters. The highest BCUT2D eigenvalue weighted by molar-refractivity contribution is 6.00. The van der Waals surface area contributed by atoms with Crippen LogP contribution in [0.1, 0.15) is 32.3 Å². The minimum atomic E-state index is -0.365. The third kappa shape index (κ3) is 5.22. The quantitative estimate of drug-likeness (QED) is 0.757. The molecule has 3 amide bonds. The van der Waals surface area contributed by atoms with Crippen molar-refractivity contribution in [3.05, 3.63) is 60.2 Å². The summed E-state index contributed by atoms with van der Waals surface area (Å²) >= 11 is 0. The molecule has 152 valence electrons. The lowest BCUT2D eigenvalue weighted by Gasteiger charge is -2.16. The molecule has 6 heteroatoms. The number of carbonyl (C=O) groups is 3. The molecule has 2 aromatic rings. The zero-order valence-electron chi connectivity index (χ0n) is 16.9. The number of benzene rings is 2. The first-order valence-electron chi connectivity index (χ1n) is 10.0. The van der Waals surface area contributed by atoms with Crippen molar-refractivity contribution in [1.82, 2.24) is 5.32 Å². The maximum Gasteiger partial charge on any atom is 0.227 e. The van der Waals surface area contributed by atoms with Gasteiger partial charge in [-0.05, 0) is 36.2 Å². The summed E-state index contributed by atoms with van der Waals surface area (Å²) in [5.41, 5.74) is 2.43. The van der Waals surface area contributed by atoms with Gasteiger partial charge in [0.1, 0.15) is 0 Å². The summed E-state index contributed by atoms with van der Waals surface area (Å²) < 4.78 is 0. The van der Waals surface area contributed by atoms with Gasteiger partial charge in [0.15, 0.2) is 0 Å². The number of rotatable bonds is 7. The number of para-hydroxylation sites is 1. The topological polar surface area (TPSA) is 78.5 Å². The molecule has 29 heavy (non-hydrogen) atoms. The van der Waals surface area contributed by atoms with Crippen molar-refractivity contribution in [2.24, 2.45) is 11.8 Å². The normalized spacial score (nSPS) is 17.1. The van der Waals surface area contributed by atoms with Gasteiger partial charge in [-0.3, -0.25) is 14.4 Å². The number of nitrogens with zero attached hydrogens (tertiary/aromatic N) is 1. The molecular weight excluding hydrogens is 366 g/mol. The van der Waals surface area contributed by atoms with E-state index in [4.69, 9.17) is 0 Å². The highest BCUT2D eigenvalue weighted by atomic mass is 16.2. The zero-order chi connectivity index (χ0) is 20.8. The fourth-order valence-corrected chi connectivity index (χ4v) is 3.28. The van der Waals surface area contributed by atoms with Crippen LogP contribution in [0.3, 0.4) is 0 Å². The lowest BCUT2D eigenvalue weighted by molar-refractivity contribution is -0.126. The van der Waals surface area contributed by atoms with Crippen molar-refractivity contribution in [3.8, 4) is 0 Å². The van der Waals surface area contributed by atoms with Crippen LogP contribution in [0.15, 0.2) is 54.6 Å². The van der Waals surface area contributed by atoms with Gasteiger partial charge in [-0.1, -0.05) is 44.2 Å². The minimum Gasteiger partial charge on any atom is -0.352 e. The average molecular weight is 393 g/mol. The van der Waals surface area contributed by atoms with Crippen LogP contribution < -0.4 is 15.5 Å². The highest BCUT2D eigenvalue weighted by Crippen LogP contribution is 2.25. The lowest BCUT2D eigenvalue weighted by Crippen LogP contribution is -2.32. The largest absolute Gasteiger partial charge is 0.352 e. The summed E-state index contributed by atoms with van der Waals surface area (Å²) in [6, 6.07) is 16.8. The van der Waals surface area contributed by atoms with Crippen LogP contribution in [0.2, 0.25) is 0 Å². The molecule has 1 aliphatic rings. The molecule has 2 N–H and O–H groups in total. The van der Waals surface area contributed by atoms with Gasteiger partial charge in [-0.2, -0.15) is 0 Å². The molecule has 2 unspecified atom stereocenters. The van der Waals surface area contributed by atoms with Crippen LogP contribution in [0, 0.1) is 11.8 Å². The Morgan fingerprint density at radius 1 is 1.14 bits per heavy atom. The summed E-state index contributed by atoms with van der Waals surface area (Å²) in [5.74, 6) is -0.599. The van der Waals surface area contributed by atoms with Crippen molar-refractivity contribution in [2.45, 2.75) is 33.2 Å². The van der Waals surface area contributed by atoms with Crippen molar-refractivity contribution < 1.29 is 14.4 Å². The van der Waals surface area contributed by atoms with E-state index in [0.29, 0.717) is 18.8 Å². The molecule has 0 saturated carbocycles. The Bertz CT molecular complexity index is 882. The van der Waals surface area contributed by atoms with Crippen molar-refractivity contribution in [3.63, 3.8) is 0 Å². The van der Waals surface area contributed by atoms with Gasteiger partial charge in [0, 0.05) is 36.8 Å². The molecule has 1 aliphatic heterocycles. The van der Waals surface area contributed by atoms with E-state index in [1.54, 1.807) is 4.90 Å². The predicted molar refractivity (Wildman–Crippen MR) is 113 cm³/mol. The molecule has 2 aromatic carbocycles. The predicted octanol–water partition coefficient (Wildman–Crippen LogP) is 3.34. The number of hydrogen-bond acceptors (Lipinski definition) is 3. The second-order valence-corrected chi connectivity index (χ2v) is 7.46. The first-order chi connectivity index (χ1) is 14.0. The molecular formula is C23H27N3O3. The molecule has 1 saturated heterocycles. The van der Waals surface area contributed by atoms with Crippen molar-refractivity contribution >= 4 is 29.1 Å². The van der Waals surface area contributed by atoms with Crippen LogP contribution in [-0.4, -0.2) is 24.3 Å². The number of carbonyl (C=O) groups excluding carboxylic acids is 3. The van der Waals surface area contributed by atoms with Crippen LogP contribution in [0.25, 0.3) is 0 Å². The standard InChI is InChI=1S/C23H27N3O3/c1-3-16(2)22(28)25-19-9-7-8-17(12-19)14-24-23(29)18-13-21(27)26(15-18)20-10-5-4-6-11-20/h4-12,16,18H,3,13-15H2,1-2H3,(H,24,29)(H,25,28). The molecule has 0 radical (unpaired) electrons. The van der Waals surface area contributed by atoms with E-state index in [-0.39, 0.29) is 36.0 Å². The number of amides is 3. The maximum atomic E-state index is 12.6. The zero-order valence-corrected chi connectivity index (χ0v) is 16.9. The maximum absolute atomic E-state index is 12.6. The Balaban J connectivity index is 1.55. The first-order valence-corrected chi connectivity index (χ1v) is 10.0. The third-order valence-corrected chi connectivity index (χ3v) is 5.28. The molecule has 0 aliphatic carbocycles. The second kappa shape index (κ2) is 9.37. The van der Waals surface area contributed by atoms with E-state index >= 15 is 0 Å². The Morgan fingerprint density at radius 3 is 2.62 bits per heavy atom. The van der Waals surface area contributed by atoms with Crippen LogP contribution >= 0.6 is 0 Å². The molecule has 6 nitrogen and oxygen atoms in total. The SMILES string of the molecule is CCC(C)C(=O)Nc1cccc(CNC(=O)C2CC(=O)N(c3ccccc3)C2)c1. The molecule has 0 bridgehead atoms. The number of anilines is 2. The second-order valence-electron chi connectivity index (χ2n) is 7.46. The molecule has 0 spiro atoms. The smallest absolute Gasteiger partial charge is 0.227 e. The van der Waals surface area contributed by atoms with E-state index in [0.717, 1.165) is 17.7 Å². The summed E-state index contributed by atoms with van der Waals surface area (Å²) in [4.78, 5) is 38.6. The van der Waals surface area contributed by atoms with Gasteiger partial charge in [-0.25, -0.2) is 0 Å². The van der Waals surface area contributed by atoms with E-state index in [2.05, 4.69) is 10.6 Å². The number of nitrogens with one attached hydrogen (secondary N) is 2. The minimum absolute atomic E-state index is 0.0147.